The highest BCUT2D eigenvalue weighted by atomic mass is 32.2. The molecule has 128 valence electrons. The van der Waals surface area contributed by atoms with E-state index in [1.165, 1.54) is 13.0 Å². The number of esters is 1. The number of ether oxygens (including phenoxy) is 1. The van der Waals surface area contributed by atoms with E-state index < -0.39 is 34.0 Å². The van der Waals surface area contributed by atoms with Gasteiger partial charge in [-0.1, -0.05) is 5.16 Å². The summed E-state index contributed by atoms with van der Waals surface area (Å²) in [5.41, 5.74) is 0. The summed E-state index contributed by atoms with van der Waals surface area (Å²) in [6.45, 7) is 3.35. The number of nitrogens with zero attached hydrogens (tertiary/aromatic N) is 2. The Morgan fingerprint density at radius 1 is 1.52 bits per heavy atom. The van der Waals surface area contributed by atoms with Crippen LogP contribution in [0.3, 0.4) is 0 Å². The second-order valence-electron chi connectivity index (χ2n) is 5.42. The van der Waals surface area contributed by atoms with Gasteiger partial charge >= 0.3 is 5.97 Å². The van der Waals surface area contributed by atoms with Gasteiger partial charge in [-0.05, 0) is 26.7 Å². The number of carbonyl (C=O) groups is 2. The lowest BCUT2D eigenvalue weighted by Crippen LogP contribution is -2.43. The number of amides is 1. The van der Waals surface area contributed by atoms with Crippen molar-refractivity contribution in [1.29, 1.82) is 0 Å². The predicted molar refractivity (Wildman–Crippen MR) is 80.0 cm³/mol. The average molecular weight is 345 g/mol. The summed E-state index contributed by atoms with van der Waals surface area (Å²) >= 11 is 0. The number of aryl methyl sites for hydroxylation is 1. The van der Waals surface area contributed by atoms with E-state index in [2.05, 4.69) is 10.5 Å². The molecular formula is C13H19N3O6S. The molecule has 2 rings (SSSR count). The molecule has 0 unspecified atom stereocenters. The van der Waals surface area contributed by atoms with Gasteiger partial charge in [0.25, 0.3) is 5.91 Å². The van der Waals surface area contributed by atoms with Gasteiger partial charge in [-0.25, -0.2) is 8.42 Å². The minimum atomic E-state index is -3.49. The highest BCUT2D eigenvalue weighted by molar-refractivity contribution is 7.88. The van der Waals surface area contributed by atoms with Crippen molar-refractivity contribution in [2.24, 2.45) is 0 Å². The van der Waals surface area contributed by atoms with E-state index in [0.29, 0.717) is 18.6 Å². The number of rotatable bonds is 5. The third-order valence-electron chi connectivity index (χ3n) is 3.44. The van der Waals surface area contributed by atoms with Crippen molar-refractivity contribution in [1.82, 2.24) is 9.46 Å². The fraction of sp³-hybridized carbons (Fsp3) is 0.615. The van der Waals surface area contributed by atoms with Gasteiger partial charge in [0.05, 0.1) is 6.26 Å². The Kier molecular flexibility index (Phi) is 5.05. The highest BCUT2D eigenvalue weighted by Gasteiger charge is 2.38. The van der Waals surface area contributed by atoms with Crippen LogP contribution in [0.2, 0.25) is 0 Å². The summed E-state index contributed by atoms with van der Waals surface area (Å²) in [7, 11) is -3.49. The minimum absolute atomic E-state index is 0.217. The van der Waals surface area contributed by atoms with Crippen molar-refractivity contribution < 1.29 is 27.3 Å². The maximum Gasteiger partial charge on any atom is 0.325 e. The molecule has 0 radical (unpaired) electrons. The molecule has 1 aromatic rings. The van der Waals surface area contributed by atoms with Crippen molar-refractivity contribution in [2.45, 2.75) is 38.8 Å². The van der Waals surface area contributed by atoms with Crippen LogP contribution in [-0.2, 0) is 24.3 Å². The van der Waals surface area contributed by atoms with Crippen LogP contribution < -0.4 is 5.32 Å². The Bertz CT molecular complexity index is 698. The van der Waals surface area contributed by atoms with Gasteiger partial charge in [-0.15, -0.1) is 0 Å². The lowest BCUT2D eigenvalue weighted by Gasteiger charge is -2.22. The van der Waals surface area contributed by atoms with Gasteiger partial charge in [-0.3, -0.25) is 9.59 Å². The number of carbonyl (C=O) groups excluding carboxylic acids is 2. The fourth-order valence-electron chi connectivity index (χ4n) is 2.33. The minimum Gasteiger partial charge on any atom is -0.451 e. The van der Waals surface area contributed by atoms with Gasteiger partial charge in [0.2, 0.25) is 10.0 Å². The van der Waals surface area contributed by atoms with E-state index >= 15 is 0 Å². The van der Waals surface area contributed by atoms with Crippen molar-refractivity contribution in [3.8, 4) is 0 Å². The molecule has 1 aliphatic heterocycles. The van der Waals surface area contributed by atoms with Gasteiger partial charge in [0, 0.05) is 12.6 Å². The first-order valence-electron chi connectivity index (χ1n) is 7.10. The number of aromatic nitrogens is 1. The lowest BCUT2D eigenvalue weighted by atomic mass is 10.2. The summed E-state index contributed by atoms with van der Waals surface area (Å²) in [5, 5.41) is 6.05. The molecule has 0 spiro atoms. The first-order valence-corrected chi connectivity index (χ1v) is 8.95. The second-order valence-corrected chi connectivity index (χ2v) is 7.36. The third kappa shape index (κ3) is 4.29. The molecule has 9 nitrogen and oxygen atoms in total. The molecule has 1 aliphatic rings. The van der Waals surface area contributed by atoms with Gasteiger partial charge in [-0.2, -0.15) is 4.31 Å². The number of anilines is 1. The Balaban J connectivity index is 1.95. The molecule has 0 saturated carbocycles. The molecule has 10 heteroatoms. The van der Waals surface area contributed by atoms with Gasteiger partial charge in [0.15, 0.2) is 11.9 Å². The number of hydrogen-bond donors (Lipinski definition) is 1. The zero-order valence-electron chi connectivity index (χ0n) is 13.1. The maximum atomic E-state index is 12.1. The standard InChI is InChI=1S/C13H19N3O6S/c1-8-7-11(15-22-8)14-12(17)9(2)21-13(18)10-5-4-6-16(10)23(3,19)20/h7,9-10H,4-6H2,1-3H3,(H,14,15,17)/t9-,10+/m0/s1. The van der Waals surface area contributed by atoms with Crippen molar-refractivity contribution in [2.75, 3.05) is 18.1 Å². The summed E-state index contributed by atoms with van der Waals surface area (Å²) in [6, 6.07) is 0.643. The first-order chi connectivity index (χ1) is 10.7. The number of sulfonamides is 1. The topological polar surface area (TPSA) is 119 Å². The van der Waals surface area contributed by atoms with Crippen molar-refractivity contribution in [3.63, 3.8) is 0 Å². The first kappa shape index (κ1) is 17.4. The van der Waals surface area contributed by atoms with Gasteiger partial charge < -0.3 is 14.6 Å². The Labute approximate surface area is 134 Å². The molecule has 1 aromatic heterocycles. The smallest absolute Gasteiger partial charge is 0.325 e. The van der Waals surface area contributed by atoms with Crippen LogP contribution in [-0.4, -0.2) is 54.7 Å². The van der Waals surface area contributed by atoms with E-state index in [-0.39, 0.29) is 12.4 Å². The second kappa shape index (κ2) is 6.67. The average Bonchev–Trinajstić information content (AvgIpc) is 3.06. The van der Waals surface area contributed by atoms with Crippen LogP contribution in [0.5, 0.6) is 0 Å². The van der Waals surface area contributed by atoms with Crippen LogP contribution in [0.25, 0.3) is 0 Å². The van der Waals surface area contributed by atoms with Crippen LogP contribution in [0.4, 0.5) is 5.82 Å². The highest BCUT2D eigenvalue weighted by Crippen LogP contribution is 2.22. The normalized spacial score (nSPS) is 20.2. The van der Waals surface area contributed by atoms with Crippen molar-refractivity contribution >= 4 is 27.7 Å². The molecule has 2 heterocycles. The third-order valence-corrected chi connectivity index (χ3v) is 4.73. The molecule has 23 heavy (non-hydrogen) atoms. The molecule has 1 saturated heterocycles. The predicted octanol–water partition coefficient (Wildman–Crippen LogP) is 0.277. The number of nitrogens with one attached hydrogen (secondary N) is 1. The van der Waals surface area contributed by atoms with Crippen LogP contribution >= 0.6 is 0 Å². The monoisotopic (exact) mass is 345 g/mol. The lowest BCUT2D eigenvalue weighted by molar-refractivity contribution is -0.156. The maximum absolute atomic E-state index is 12.1. The number of hydrogen-bond acceptors (Lipinski definition) is 7. The van der Waals surface area contributed by atoms with E-state index in [1.807, 2.05) is 0 Å². The van der Waals surface area contributed by atoms with E-state index in [9.17, 15) is 18.0 Å². The molecule has 2 atom stereocenters. The summed E-state index contributed by atoms with van der Waals surface area (Å²) in [5.74, 6) is -0.559. The summed E-state index contributed by atoms with van der Waals surface area (Å²) < 4.78 is 34.3. The molecule has 0 aliphatic carbocycles. The zero-order valence-corrected chi connectivity index (χ0v) is 13.9. The SMILES string of the molecule is Cc1cc(NC(=O)[C@H](C)OC(=O)[C@H]2CCCN2S(C)(=O)=O)no1. The molecule has 1 N–H and O–H groups in total. The van der Waals surface area contributed by atoms with Crippen LogP contribution in [0.15, 0.2) is 10.6 Å². The summed E-state index contributed by atoms with van der Waals surface area (Å²) in [4.78, 5) is 24.1. The summed E-state index contributed by atoms with van der Waals surface area (Å²) in [6.07, 6.45) is 0.914. The molecule has 0 bridgehead atoms. The fourth-order valence-corrected chi connectivity index (χ4v) is 3.45. The Morgan fingerprint density at radius 3 is 2.78 bits per heavy atom. The van der Waals surface area contributed by atoms with E-state index in [0.717, 1.165) is 10.6 Å². The molecule has 1 fully saturated rings. The van der Waals surface area contributed by atoms with E-state index in [4.69, 9.17) is 9.26 Å². The molecule has 1 amide bonds. The van der Waals surface area contributed by atoms with Crippen molar-refractivity contribution in [3.05, 3.63) is 11.8 Å². The zero-order chi connectivity index (χ0) is 17.2. The van der Waals surface area contributed by atoms with Crippen LogP contribution in [0, 0.1) is 6.92 Å². The molecule has 0 aromatic carbocycles. The molecular weight excluding hydrogens is 326 g/mol. The van der Waals surface area contributed by atoms with Gasteiger partial charge in [0.1, 0.15) is 11.8 Å². The quantitative estimate of drug-likeness (QED) is 0.761. The Morgan fingerprint density at radius 2 is 2.22 bits per heavy atom. The van der Waals surface area contributed by atoms with E-state index in [1.54, 1.807) is 6.92 Å². The Hall–Kier alpha value is -1.94. The largest absolute Gasteiger partial charge is 0.451 e. The van der Waals surface area contributed by atoms with Crippen LogP contribution in [0.1, 0.15) is 25.5 Å².